The number of aliphatic hydroxyl groups excluding tert-OH is 1. The minimum absolute atomic E-state index is 0.386. The number of hydrogen-bond acceptors (Lipinski definition) is 3. The Labute approximate surface area is 99.6 Å². The van der Waals surface area contributed by atoms with Gasteiger partial charge in [0.25, 0.3) is 0 Å². The van der Waals surface area contributed by atoms with Crippen LogP contribution in [0.4, 0.5) is 0 Å². The molecule has 0 aliphatic heterocycles. The topological polar surface area (TPSA) is 33.1 Å². The second-order valence-electron chi connectivity index (χ2n) is 3.92. The van der Waals surface area contributed by atoms with Gasteiger partial charge in [-0.3, -0.25) is 4.98 Å². The van der Waals surface area contributed by atoms with Crippen molar-refractivity contribution in [2.24, 2.45) is 0 Å². The minimum Gasteiger partial charge on any atom is -0.388 e. The lowest BCUT2D eigenvalue weighted by molar-refractivity contribution is 0.167. The predicted molar refractivity (Wildman–Crippen MR) is 66.6 cm³/mol. The quantitative estimate of drug-likeness (QED) is 0.880. The molecule has 0 spiro atoms. The van der Waals surface area contributed by atoms with E-state index in [9.17, 15) is 5.11 Å². The molecule has 0 saturated carbocycles. The molecule has 2 heterocycles. The van der Waals surface area contributed by atoms with Crippen molar-refractivity contribution in [1.82, 2.24) is 4.98 Å². The first-order chi connectivity index (χ1) is 7.77. The molecule has 3 heteroatoms. The zero-order valence-electron chi connectivity index (χ0n) is 9.26. The monoisotopic (exact) mass is 233 g/mol. The number of aryl methyl sites for hydroxylation is 2. The number of thiophene rings is 1. The van der Waals surface area contributed by atoms with Crippen LogP contribution in [-0.2, 0) is 6.42 Å². The van der Waals surface area contributed by atoms with E-state index in [0.29, 0.717) is 0 Å². The molecule has 2 nitrogen and oxygen atoms in total. The standard InChI is InChI=1S/C13H15NOS/c1-10-8-14-6-4-12(10)13(15)3-2-11-5-7-16-9-11/h4-9,13,15H,2-3H2,1H3. The van der Waals surface area contributed by atoms with Crippen molar-refractivity contribution in [3.05, 3.63) is 52.0 Å². The third-order valence-electron chi connectivity index (χ3n) is 2.71. The van der Waals surface area contributed by atoms with Gasteiger partial charge in [-0.25, -0.2) is 0 Å². The molecule has 0 amide bonds. The van der Waals surface area contributed by atoms with Crippen molar-refractivity contribution in [2.75, 3.05) is 0 Å². The first kappa shape index (κ1) is 11.3. The van der Waals surface area contributed by atoms with E-state index in [1.807, 2.05) is 13.0 Å². The summed E-state index contributed by atoms with van der Waals surface area (Å²) in [4.78, 5) is 4.03. The zero-order chi connectivity index (χ0) is 11.4. The Kier molecular flexibility index (Phi) is 3.70. The average Bonchev–Trinajstić information content (AvgIpc) is 2.79. The van der Waals surface area contributed by atoms with Crippen molar-refractivity contribution < 1.29 is 5.11 Å². The van der Waals surface area contributed by atoms with Crippen LogP contribution < -0.4 is 0 Å². The van der Waals surface area contributed by atoms with E-state index >= 15 is 0 Å². The molecule has 0 bridgehead atoms. The fraction of sp³-hybridized carbons (Fsp3) is 0.308. The maximum Gasteiger partial charge on any atom is 0.0796 e. The molecule has 1 unspecified atom stereocenters. The molecule has 16 heavy (non-hydrogen) atoms. The predicted octanol–water partition coefficient (Wildman–Crippen LogP) is 3.12. The summed E-state index contributed by atoms with van der Waals surface area (Å²) in [6.45, 7) is 1.98. The first-order valence-corrected chi connectivity index (χ1v) is 6.31. The Morgan fingerprint density at radius 3 is 3.00 bits per heavy atom. The second-order valence-corrected chi connectivity index (χ2v) is 4.70. The second kappa shape index (κ2) is 5.23. The van der Waals surface area contributed by atoms with Crippen LogP contribution in [0.5, 0.6) is 0 Å². The molecule has 0 saturated heterocycles. The van der Waals surface area contributed by atoms with E-state index in [4.69, 9.17) is 0 Å². The van der Waals surface area contributed by atoms with E-state index in [2.05, 4.69) is 21.8 Å². The van der Waals surface area contributed by atoms with Gasteiger partial charge < -0.3 is 5.11 Å². The Morgan fingerprint density at radius 2 is 2.31 bits per heavy atom. The van der Waals surface area contributed by atoms with Crippen LogP contribution in [0.25, 0.3) is 0 Å². The largest absolute Gasteiger partial charge is 0.388 e. The molecular formula is C13H15NOS. The van der Waals surface area contributed by atoms with Gasteiger partial charge in [-0.05, 0) is 59.3 Å². The van der Waals surface area contributed by atoms with Gasteiger partial charge in [0.15, 0.2) is 0 Å². The highest BCUT2D eigenvalue weighted by Crippen LogP contribution is 2.21. The van der Waals surface area contributed by atoms with Gasteiger partial charge in [0, 0.05) is 12.4 Å². The molecule has 2 aromatic heterocycles. The lowest BCUT2D eigenvalue weighted by atomic mass is 10.0. The summed E-state index contributed by atoms with van der Waals surface area (Å²) in [6.07, 6.45) is 4.83. The fourth-order valence-electron chi connectivity index (χ4n) is 1.75. The molecule has 0 radical (unpaired) electrons. The highest BCUT2D eigenvalue weighted by Gasteiger charge is 2.10. The summed E-state index contributed by atoms with van der Waals surface area (Å²) in [6, 6.07) is 4.00. The van der Waals surface area contributed by atoms with Crippen LogP contribution in [0.15, 0.2) is 35.3 Å². The summed E-state index contributed by atoms with van der Waals surface area (Å²) < 4.78 is 0. The van der Waals surface area contributed by atoms with Crippen LogP contribution in [-0.4, -0.2) is 10.1 Å². The number of aromatic nitrogens is 1. The maximum atomic E-state index is 10.1. The van der Waals surface area contributed by atoms with Gasteiger partial charge >= 0.3 is 0 Å². The highest BCUT2D eigenvalue weighted by atomic mass is 32.1. The number of aliphatic hydroxyl groups is 1. The van der Waals surface area contributed by atoms with E-state index in [1.54, 1.807) is 23.7 Å². The molecule has 2 rings (SSSR count). The van der Waals surface area contributed by atoms with Gasteiger partial charge in [-0.2, -0.15) is 11.3 Å². The smallest absolute Gasteiger partial charge is 0.0796 e. The molecule has 0 aromatic carbocycles. The van der Waals surface area contributed by atoms with Crippen molar-refractivity contribution in [2.45, 2.75) is 25.9 Å². The third-order valence-corrected chi connectivity index (χ3v) is 3.44. The van der Waals surface area contributed by atoms with Crippen LogP contribution in [0.2, 0.25) is 0 Å². The molecule has 0 aliphatic carbocycles. The number of hydrogen-bond donors (Lipinski definition) is 1. The van der Waals surface area contributed by atoms with Gasteiger partial charge in [0.05, 0.1) is 6.10 Å². The average molecular weight is 233 g/mol. The van der Waals surface area contributed by atoms with Gasteiger partial charge in [-0.1, -0.05) is 0 Å². The van der Waals surface area contributed by atoms with Gasteiger partial charge in [-0.15, -0.1) is 0 Å². The summed E-state index contributed by atoms with van der Waals surface area (Å²) in [7, 11) is 0. The maximum absolute atomic E-state index is 10.1. The summed E-state index contributed by atoms with van der Waals surface area (Å²) >= 11 is 1.70. The first-order valence-electron chi connectivity index (χ1n) is 5.37. The molecule has 1 atom stereocenters. The molecule has 84 valence electrons. The summed E-state index contributed by atoms with van der Waals surface area (Å²) in [5.74, 6) is 0. The Balaban J connectivity index is 1.98. The third kappa shape index (κ3) is 2.68. The molecule has 0 fully saturated rings. The van der Waals surface area contributed by atoms with E-state index in [1.165, 1.54) is 5.56 Å². The highest BCUT2D eigenvalue weighted by molar-refractivity contribution is 7.07. The van der Waals surface area contributed by atoms with E-state index < -0.39 is 0 Å². The summed E-state index contributed by atoms with van der Waals surface area (Å²) in [5, 5.41) is 14.3. The Bertz CT molecular complexity index is 439. The van der Waals surface area contributed by atoms with Crippen LogP contribution in [0.3, 0.4) is 0 Å². The van der Waals surface area contributed by atoms with Crippen molar-refractivity contribution >= 4 is 11.3 Å². The Morgan fingerprint density at radius 1 is 1.44 bits per heavy atom. The Hall–Kier alpha value is -1.19. The number of pyridine rings is 1. The summed E-state index contributed by atoms with van der Waals surface area (Å²) in [5.41, 5.74) is 3.35. The van der Waals surface area contributed by atoms with Crippen molar-refractivity contribution in [3.8, 4) is 0 Å². The SMILES string of the molecule is Cc1cnccc1C(O)CCc1ccsc1. The van der Waals surface area contributed by atoms with Gasteiger partial charge in [0.1, 0.15) is 0 Å². The van der Waals surface area contributed by atoms with Crippen LogP contribution >= 0.6 is 11.3 Å². The van der Waals surface area contributed by atoms with Crippen molar-refractivity contribution in [3.63, 3.8) is 0 Å². The number of rotatable bonds is 4. The lowest BCUT2D eigenvalue weighted by Gasteiger charge is -2.12. The molecule has 1 N–H and O–H groups in total. The fourth-order valence-corrected chi connectivity index (χ4v) is 2.45. The van der Waals surface area contributed by atoms with Gasteiger partial charge in [0.2, 0.25) is 0 Å². The van der Waals surface area contributed by atoms with Crippen molar-refractivity contribution in [1.29, 1.82) is 0 Å². The number of nitrogens with zero attached hydrogens (tertiary/aromatic N) is 1. The van der Waals surface area contributed by atoms with E-state index in [-0.39, 0.29) is 6.10 Å². The molecular weight excluding hydrogens is 218 g/mol. The zero-order valence-corrected chi connectivity index (χ0v) is 10.1. The molecule has 0 aliphatic rings. The van der Waals surface area contributed by atoms with Crippen LogP contribution in [0.1, 0.15) is 29.2 Å². The normalized spacial score (nSPS) is 12.6. The van der Waals surface area contributed by atoms with E-state index in [0.717, 1.165) is 24.0 Å². The lowest BCUT2D eigenvalue weighted by Crippen LogP contribution is -2.01. The minimum atomic E-state index is -0.386. The molecule has 2 aromatic rings. The van der Waals surface area contributed by atoms with Crippen LogP contribution in [0, 0.1) is 6.92 Å².